The van der Waals surface area contributed by atoms with Crippen LogP contribution in [0.5, 0.6) is 5.75 Å². The zero-order valence-electron chi connectivity index (χ0n) is 16.3. The van der Waals surface area contributed by atoms with Crippen LogP contribution >= 0.6 is 0 Å². The molecule has 2 aromatic carbocycles. The van der Waals surface area contributed by atoms with Gasteiger partial charge in [0, 0.05) is 24.1 Å². The number of carbonyl (C=O) groups excluding carboxylic acids is 2. The molecule has 0 saturated carbocycles. The quantitative estimate of drug-likeness (QED) is 0.327. The van der Waals surface area contributed by atoms with E-state index in [1.165, 1.54) is 38.4 Å². The molecule has 0 aliphatic carbocycles. The Bertz CT molecular complexity index is 1130. The van der Waals surface area contributed by atoms with Crippen molar-refractivity contribution in [3.63, 3.8) is 0 Å². The normalized spacial score (nSPS) is 10.9. The fraction of sp³-hybridized carbons (Fsp3) is 0.143. The molecule has 0 saturated heterocycles. The molecule has 0 radical (unpaired) electrons. The average molecular weight is 410 g/mol. The fourth-order valence-corrected chi connectivity index (χ4v) is 2.87. The molecule has 9 heteroatoms. The first-order valence-corrected chi connectivity index (χ1v) is 8.91. The maximum atomic E-state index is 13.1. The molecule has 0 aliphatic heterocycles. The minimum absolute atomic E-state index is 0.0650. The number of hydrazone groups is 1. The van der Waals surface area contributed by atoms with Crippen LogP contribution in [0.2, 0.25) is 0 Å². The van der Waals surface area contributed by atoms with E-state index in [1.54, 1.807) is 24.4 Å². The van der Waals surface area contributed by atoms with E-state index < -0.39 is 5.97 Å². The molecule has 8 nitrogen and oxygen atoms in total. The molecule has 3 rings (SSSR count). The van der Waals surface area contributed by atoms with E-state index in [9.17, 15) is 19.1 Å². The van der Waals surface area contributed by atoms with Gasteiger partial charge < -0.3 is 9.84 Å². The number of esters is 1. The zero-order chi connectivity index (χ0) is 21.7. The van der Waals surface area contributed by atoms with Gasteiger partial charge in [-0.25, -0.2) is 14.7 Å². The highest BCUT2D eigenvalue weighted by Gasteiger charge is 2.18. The molecule has 3 N–H and O–H groups in total. The number of rotatable bonds is 6. The second kappa shape index (κ2) is 8.99. The third-order valence-electron chi connectivity index (χ3n) is 4.26. The molecular formula is C21H19FN4O4. The van der Waals surface area contributed by atoms with Gasteiger partial charge in [-0.1, -0.05) is 12.1 Å². The average Bonchev–Trinajstić information content (AvgIpc) is 2.73. The number of hydrazine groups is 1. The monoisotopic (exact) mass is 410 g/mol. The standard InChI is InChI=1S/C21H19FN4O4/c1-12(27)25-26-24-11-15-9-18(21(29)30-2)20(28)19-17(15)8-14(10-23-19)7-13-3-5-16(22)6-4-13/h3-6,8-11,26,28H,7H2,1-2H3,(H,25,27)/b24-11+. The number of amides is 1. The van der Waals surface area contributed by atoms with Gasteiger partial charge in [0.1, 0.15) is 16.9 Å². The predicted octanol–water partition coefficient (Wildman–Crippen LogP) is 2.43. The molecule has 0 bridgehead atoms. The number of halogens is 1. The van der Waals surface area contributed by atoms with E-state index in [0.29, 0.717) is 17.4 Å². The SMILES string of the molecule is COC(=O)c1cc(/C=N/NNC(C)=O)c2cc(Cc3ccc(F)cc3)cnc2c1O. The van der Waals surface area contributed by atoms with Gasteiger partial charge in [-0.05, 0) is 41.8 Å². The topological polar surface area (TPSA) is 113 Å². The molecule has 154 valence electrons. The maximum Gasteiger partial charge on any atom is 0.341 e. The van der Waals surface area contributed by atoms with Crippen LogP contribution in [0.25, 0.3) is 10.9 Å². The summed E-state index contributed by atoms with van der Waals surface area (Å²) in [6.07, 6.45) is 3.44. The van der Waals surface area contributed by atoms with E-state index in [-0.39, 0.29) is 28.6 Å². The second-order valence-corrected chi connectivity index (χ2v) is 6.45. The third-order valence-corrected chi connectivity index (χ3v) is 4.26. The van der Waals surface area contributed by atoms with Crippen molar-refractivity contribution in [1.29, 1.82) is 0 Å². The first-order chi connectivity index (χ1) is 14.4. The van der Waals surface area contributed by atoms with Crippen LogP contribution in [0, 0.1) is 5.82 Å². The van der Waals surface area contributed by atoms with Gasteiger partial charge in [-0.15, -0.1) is 0 Å². The number of nitrogens with one attached hydrogen (secondary N) is 2. The maximum absolute atomic E-state index is 13.1. The first kappa shape index (κ1) is 20.7. The molecule has 0 fully saturated rings. The van der Waals surface area contributed by atoms with E-state index in [1.807, 2.05) is 0 Å². The molecule has 1 amide bonds. The summed E-state index contributed by atoms with van der Waals surface area (Å²) < 4.78 is 17.9. The Morgan fingerprint density at radius 2 is 1.97 bits per heavy atom. The first-order valence-electron chi connectivity index (χ1n) is 8.91. The number of phenols is 1. The Kier molecular flexibility index (Phi) is 6.21. The van der Waals surface area contributed by atoms with Crippen LogP contribution in [-0.4, -0.2) is 35.3 Å². The summed E-state index contributed by atoms with van der Waals surface area (Å²) in [5.74, 6) is -1.68. The van der Waals surface area contributed by atoms with E-state index in [2.05, 4.69) is 21.0 Å². The minimum atomic E-state index is -0.726. The summed E-state index contributed by atoms with van der Waals surface area (Å²) >= 11 is 0. The predicted molar refractivity (Wildman–Crippen MR) is 108 cm³/mol. The Balaban J connectivity index is 2.05. The van der Waals surface area contributed by atoms with Crippen molar-refractivity contribution in [1.82, 2.24) is 15.9 Å². The van der Waals surface area contributed by atoms with E-state index >= 15 is 0 Å². The lowest BCUT2D eigenvalue weighted by Crippen LogP contribution is -2.31. The zero-order valence-corrected chi connectivity index (χ0v) is 16.3. The number of methoxy groups -OCH3 is 1. The van der Waals surface area contributed by atoms with Crippen molar-refractivity contribution in [2.24, 2.45) is 5.10 Å². The summed E-state index contributed by atoms with van der Waals surface area (Å²) in [4.78, 5) is 27.3. The van der Waals surface area contributed by atoms with Crippen LogP contribution in [0.15, 0.2) is 47.7 Å². The number of hydrogen-bond acceptors (Lipinski definition) is 7. The highest BCUT2D eigenvalue weighted by Crippen LogP contribution is 2.31. The van der Waals surface area contributed by atoms with Gasteiger partial charge in [-0.2, -0.15) is 5.10 Å². The summed E-state index contributed by atoms with van der Waals surface area (Å²) in [5, 5.41) is 14.9. The third kappa shape index (κ3) is 4.69. The molecule has 0 aliphatic rings. The summed E-state index contributed by atoms with van der Waals surface area (Å²) in [6.45, 7) is 1.32. The highest BCUT2D eigenvalue weighted by molar-refractivity contribution is 6.07. The van der Waals surface area contributed by atoms with Gasteiger partial charge in [0.25, 0.3) is 0 Å². The Morgan fingerprint density at radius 1 is 1.23 bits per heavy atom. The number of carbonyl (C=O) groups is 2. The minimum Gasteiger partial charge on any atom is -0.505 e. The molecular weight excluding hydrogens is 391 g/mol. The Morgan fingerprint density at radius 3 is 2.63 bits per heavy atom. The van der Waals surface area contributed by atoms with Crippen LogP contribution in [0.3, 0.4) is 0 Å². The lowest BCUT2D eigenvalue weighted by atomic mass is 9.99. The van der Waals surface area contributed by atoms with Crippen LogP contribution in [-0.2, 0) is 16.0 Å². The van der Waals surface area contributed by atoms with Gasteiger partial charge in [0.05, 0.1) is 13.3 Å². The van der Waals surface area contributed by atoms with Crippen molar-refractivity contribution in [3.8, 4) is 5.75 Å². The van der Waals surface area contributed by atoms with Crippen molar-refractivity contribution >= 4 is 29.0 Å². The lowest BCUT2D eigenvalue weighted by molar-refractivity contribution is -0.119. The number of ether oxygens (including phenoxy) is 1. The number of benzene rings is 2. The van der Waals surface area contributed by atoms with E-state index in [0.717, 1.165) is 11.1 Å². The van der Waals surface area contributed by atoms with Gasteiger partial charge in [0.15, 0.2) is 5.75 Å². The molecule has 30 heavy (non-hydrogen) atoms. The van der Waals surface area contributed by atoms with Gasteiger partial charge in [0.2, 0.25) is 5.91 Å². The van der Waals surface area contributed by atoms with Gasteiger partial charge >= 0.3 is 5.97 Å². The molecule has 3 aromatic rings. The van der Waals surface area contributed by atoms with E-state index in [4.69, 9.17) is 4.74 Å². The smallest absolute Gasteiger partial charge is 0.341 e. The van der Waals surface area contributed by atoms with Crippen LogP contribution < -0.4 is 11.0 Å². The summed E-state index contributed by atoms with van der Waals surface area (Å²) in [5.41, 5.74) is 6.96. The Labute approximate surface area is 171 Å². The second-order valence-electron chi connectivity index (χ2n) is 6.45. The molecule has 0 spiro atoms. The number of pyridine rings is 1. The van der Waals surface area contributed by atoms with Crippen molar-refractivity contribution < 1.29 is 23.8 Å². The molecule has 0 unspecified atom stereocenters. The number of hydrogen-bond donors (Lipinski definition) is 3. The number of fused-ring (bicyclic) bond motifs is 1. The van der Waals surface area contributed by atoms with Crippen molar-refractivity contribution in [3.05, 3.63) is 70.7 Å². The molecule has 0 atom stereocenters. The van der Waals surface area contributed by atoms with Crippen LogP contribution in [0.1, 0.15) is 34.0 Å². The number of phenolic OH excluding ortho intramolecular Hbond substituents is 1. The number of nitrogens with zero attached hydrogens (tertiary/aromatic N) is 2. The Hall–Kier alpha value is -4.01. The molecule has 1 heterocycles. The largest absolute Gasteiger partial charge is 0.505 e. The van der Waals surface area contributed by atoms with Crippen molar-refractivity contribution in [2.75, 3.05) is 7.11 Å². The van der Waals surface area contributed by atoms with Crippen molar-refractivity contribution in [2.45, 2.75) is 13.3 Å². The molecule has 1 aromatic heterocycles. The summed E-state index contributed by atoms with van der Waals surface area (Å²) in [7, 11) is 1.21. The van der Waals surface area contributed by atoms with Crippen LogP contribution in [0.4, 0.5) is 4.39 Å². The summed E-state index contributed by atoms with van der Waals surface area (Å²) in [6, 6.07) is 9.33. The van der Waals surface area contributed by atoms with Gasteiger partial charge in [-0.3, -0.25) is 15.2 Å². The highest BCUT2D eigenvalue weighted by atomic mass is 19.1. The lowest BCUT2D eigenvalue weighted by Gasteiger charge is -2.11. The fourth-order valence-electron chi connectivity index (χ4n) is 2.87. The number of aromatic hydroxyl groups is 1. The number of aromatic nitrogens is 1.